The topological polar surface area (TPSA) is 59.2 Å². The summed E-state index contributed by atoms with van der Waals surface area (Å²) in [4.78, 5) is 27.4. The second kappa shape index (κ2) is 5.84. The van der Waals surface area contributed by atoms with Gasteiger partial charge in [0, 0.05) is 29.1 Å². The number of carbonyl (C=O) groups is 2. The van der Waals surface area contributed by atoms with E-state index < -0.39 is 0 Å². The van der Waals surface area contributed by atoms with Gasteiger partial charge in [-0.3, -0.25) is 9.59 Å². The number of hydrogen-bond acceptors (Lipinski definition) is 3. The number of nitrogens with one attached hydrogen (secondary N) is 1. The molecule has 2 saturated carbocycles. The van der Waals surface area contributed by atoms with Crippen molar-refractivity contribution >= 4 is 22.7 Å². The Labute approximate surface area is 135 Å². The van der Waals surface area contributed by atoms with Gasteiger partial charge in [-0.15, -0.1) is 0 Å². The fourth-order valence-corrected chi connectivity index (χ4v) is 4.43. The van der Waals surface area contributed by atoms with Crippen LogP contribution in [0.3, 0.4) is 0 Å². The number of esters is 1. The van der Waals surface area contributed by atoms with E-state index >= 15 is 0 Å². The number of aromatic nitrogens is 1. The van der Waals surface area contributed by atoms with Gasteiger partial charge in [0.25, 0.3) is 0 Å². The molecule has 23 heavy (non-hydrogen) atoms. The van der Waals surface area contributed by atoms with Gasteiger partial charge in [0.15, 0.2) is 6.61 Å². The molecular formula is C19H21NO3. The van der Waals surface area contributed by atoms with Crippen molar-refractivity contribution < 1.29 is 14.3 Å². The van der Waals surface area contributed by atoms with Crippen molar-refractivity contribution in [2.45, 2.75) is 32.1 Å². The van der Waals surface area contributed by atoms with Gasteiger partial charge in [0.05, 0.1) is 0 Å². The summed E-state index contributed by atoms with van der Waals surface area (Å²) in [7, 11) is 0. The van der Waals surface area contributed by atoms with Crippen LogP contribution in [0.25, 0.3) is 10.9 Å². The van der Waals surface area contributed by atoms with Gasteiger partial charge in [-0.1, -0.05) is 24.6 Å². The average molecular weight is 311 g/mol. The van der Waals surface area contributed by atoms with Gasteiger partial charge < -0.3 is 9.72 Å². The molecule has 2 aliphatic carbocycles. The lowest BCUT2D eigenvalue weighted by molar-refractivity contribution is -0.144. The van der Waals surface area contributed by atoms with Crippen molar-refractivity contribution in [1.29, 1.82) is 0 Å². The Kier molecular flexibility index (Phi) is 3.68. The number of Topliss-reactive ketones (excluding diaryl/α,β-unsaturated/α-hetero) is 1. The number of benzene rings is 1. The van der Waals surface area contributed by atoms with Gasteiger partial charge in [-0.25, -0.2) is 0 Å². The summed E-state index contributed by atoms with van der Waals surface area (Å²) in [6, 6.07) is 7.64. The molecule has 0 unspecified atom stereocenters. The van der Waals surface area contributed by atoms with Crippen LogP contribution in [0.1, 0.15) is 42.5 Å². The smallest absolute Gasteiger partial charge is 0.306 e. The molecule has 1 N–H and O–H groups in total. The molecule has 0 amide bonds. The summed E-state index contributed by atoms with van der Waals surface area (Å²) in [5, 5.41) is 0.877. The van der Waals surface area contributed by atoms with Crippen LogP contribution in [0.2, 0.25) is 0 Å². The molecule has 0 spiro atoms. The first-order chi connectivity index (χ1) is 11.2. The maximum atomic E-state index is 12.3. The monoisotopic (exact) mass is 311 g/mol. The SMILES string of the molecule is O=C(C[C@@H]1C[C@H]2CC[C@H]1C2)OCC(=O)c1c[nH]c2ccccc12. The third-order valence-electron chi connectivity index (χ3n) is 5.57. The van der Waals surface area contributed by atoms with E-state index in [1.54, 1.807) is 6.20 Å². The molecule has 4 rings (SSSR count). The molecule has 2 fully saturated rings. The van der Waals surface area contributed by atoms with Crippen LogP contribution in [-0.4, -0.2) is 23.3 Å². The van der Waals surface area contributed by atoms with E-state index in [2.05, 4.69) is 4.98 Å². The predicted octanol–water partition coefficient (Wildman–Crippen LogP) is 3.72. The van der Waals surface area contributed by atoms with E-state index in [0.29, 0.717) is 23.8 Å². The number of hydrogen-bond donors (Lipinski definition) is 1. The Morgan fingerprint density at radius 2 is 2.04 bits per heavy atom. The van der Waals surface area contributed by atoms with Crippen LogP contribution in [0.15, 0.2) is 30.5 Å². The van der Waals surface area contributed by atoms with E-state index in [-0.39, 0.29) is 18.4 Å². The molecule has 1 aromatic heterocycles. The van der Waals surface area contributed by atoms with Crippen molar-refractivity contribution in [3.8, 4) is 0 Å². The quantitative estimate of drug-likeness (QED) is 0.676. The molecule has 1 aromatic carbocycles. The van der Waals surface area contributed by atoms with Crippen LogP contribution in [0.4, 0.5) is 0 Å². The fourth-order valence-electron chi connectivity index (χ4n) is 4.43. The van der Waals surface area contributed by atoms with Crippen LogP contribution in [0, 0.1) is 17.8 Å². The lowest BCUT2D eigenvalue weighted by atomic mass is 9.86. The highest BCUT2D eigenvalue weighted by Gasteiger charge is 2.40. The Morgan fingerprint density at radius 1 is 1.17 bits per heavy atom. The van der Waals surface area contributed by atoms with E-state index in [1.165, 1.54) is 19.3 Å². The maximum Gasteiger partial charge on any atom is 0.306 e. The zero-order chi connectivity index (χ0) is 15.8. The minimum atomic E-state index is -0.226. The second-order valence-electron chi connectivity index (χ2n) is 6.97. The third kappa shape index (κ3) is 2.78. The first kappa shape index (κ1) is 14.5. The zero-order valence-corrected chi connectivity index (χ0v) is 13.1. The van der Waals surface area contributed by atoms with Crippen molar-refractivity contribution in [1.82, 2.24) is 4.98 Å². The number of rotatable bonds is 5. The zero-order valence-electron chi connectivity index (χ0n) is 13.1. The van der Waals surface area contributed by atoms with E-state index in [4.69, 9.17) is 4.74 Å². The molecule has 0 aliphatic heterocycles. The lowest BCUT2D eigenvalue weighted by Crippen LogP contribution is -2.19. The number of ketones is 1. The molecule has 4 heteroatoms. The number of H-pyrrole nitrogens is 1. The Bertz CT molecular complexity index is 748. The highest BCUT2D eigenvalue weighted by molar-refractivity contribution is 6.08. The van der Waals surface area contributed by atoms with E-state index in [1.807, 2.05) is 24.3 Å². The molecule has 0 saturated heterocycles. The summed E-state index contributed by atoms with van der Waals surface area (Å²) in [5.41, 5.74) is 1.51. The molecule has 4 nitrogen and oxygen atoms in total. The Morgan fingerprint density at radius 3 is 2.83 bits per heavy atom. The van der Waals surface area contributed by atoms with Crippen molar-refractivity contribution in [2.75, 3.05) is 6.61 Å². The summed E-state index contributed by atoms with van der Waals surface area (Å²) >= 11 is 0. The highest BCUT2D eigenvalue weighted by atomic mass is 16.5. The summed E-state index contributed by atoms with van der Waals surface area (Å²) in [6.07, 6.45) is 7.20. The summed E-state index contributed by atoms with van der Waals surface area (Å²) < 4.78 is 5.24. The fraction of sp³-hybridized carbons (Fsp3) is 0.474. The minimum Gasteiger partial charge on any atom is -0.457 e. The standard InChI is InChI=1S/C19H21NO3/c21-18(16-10-20-17-4-2-1-3-15(16)17)11-23-19(22)9-14-8-12-5-6-13(14)7-12/h1-4,10,12-14,20H,5-9,11H2/t12-,13-,14-/m0/s1. The highest BCUT2D eigenvalue weighted by Crippen LogP contribution is 2.49. The van der Waals surface area contributed by atoms with E-state index in [0.717, 1.165) is 23.2 Å². The minimum absolute atomic E-state index is 0.149. The van der Waals surface area contributed by atoms with E-state index in [9.17, 15) is 9.59 Å². The van der Waals surface area contributed by atoms with Gasteiger partial charge in [0.2, 0.25) is 5.78 Å². The normalized spacial score (nSPS) is 25.8. The molecule has 120 valence electrons. The lowest BCUT2D eigenvalue weighted by Gasteiger charge is -2.20. The molecule has 2 aromatic rings. The number of ether oxygens (including phenoxy) is 1. The average Bonchev–Trinajstić information content (AvgIpc) is 3.27. The predicted molar refractivity (Wildman–Crippen MR) is 87.1 cm³/mol. The first-order valence-electron chi connectivity index (χ1n) is 8.45. The third-order valence-corrected chi connectivity index (χ3v) is 5.57. The number of aromatic amines is 1. The van der Waals surface area contributed by atoms with Crippen molar-refractivity contribution in [2.24, 2.45) is 17.8 Å². The van der Waals surface area contributed by atoms with Crippen LogP contribution < -0.4 is 0 Å². The van der Waals surface area contributed by atoms with Gasteiger partial charge in [0.1, 0.15) is 0 Å². The Hall–Kier alpha value is -2.10. The molecule has 1 heterocycles. The second-order valence-corrected chi connectivity index (χ2v) is 6.97. The van der Waals surface area contributed by atoms with Gasteiger partial charge >= 0.3 is 5.97 Å². The van der Waals surface area contributed by atoms with Gasteiger partial charge in [-0.05, 0) is 43.1 Å². The number of fused-ring (bicyclic) bond motifs is 3. The Balaban J connectivity index is 1.33. The van der Waals surface area contributed by atoms with Crippen LogP contribution in [0.5, 0.6) is 0 Å². The molecule has 2 aliphatic rings. The molecule has 2 bridgehead atoms. The summed E-state index contributed by atoms with van der Waals surface area (Å²) in [6.45, 7) is -0.165. The first-order valence-corrected chi connectivity index (χ1v) is 8.45. The maximum absolute atomic E-state index is 12.3. The van der Waals surface area contributed by atoms with Gasteiger partial charge in [-0.2, -0.15) is 0 Å². The van der Waals surface area contributed by atoms with Crippen LogP contribution in [-0.2, 0) is 9.53 Å². The molecular weight excluding hydrogens is 290 g/mol. The summed E-state index contributed by atoms with van der Waals surface area (Å²) in [5.74, 6) is 1.63. The number of para-hydroxylation sites is 1. The largest absolute Gasteiger partial charge is 0.457 e. The molecule has 0 radical (unpaired) electrons. The molecule has 3 atom stereocenters. The van der Waals surface area contributed by atoms with Crippen LogP contribution >= 0.6 is 0 Å². The van der Waals surface area contributed by atoms with Crippen molar-refractivity contribution in [3.63, 3.8) is 0 Å². The van der Waals surface area contributed by atoms with Crippen molar-refractivity contribution in [3.05, 3.63) is 36.0 Å². The number of carbonyl (C=O) groups excluding carboxylic acids is 2.